The maximum atomic E-state index is 6.79. The van der Waals surface area contributed by atoms with E-state index in [1.807, 2.05) is 12.1 Å². The highest BCUT2D eigenvalue weighted by Gasteiger charge is 2.51. The van der Waals surface area contributed by atoms with Gasteiger partial charge in [-0.1, -0.05) is 48.5 Å². The first-order valence-corrected chi connectivity index (χ1v) is 12.3. The summed E-state index contributed by atoms with van der Waals surface area (Å²) in [5, 5.41) is 7.47. The molecule has 0 aliphatic carbocycles. The van der Waals surface area contributed by atoms with E-state index >= 15 is 0 Å². The molecule has 0 bridgehead atoms. The Hall–Kier alpha value is -3.51. The predicted octanol–water partition coefficient (Wildman–Crippen LogP) is 5.24. The molecule has 6 nitrogen and oxygen atoms in total. The summed E-state index contributed by atoms with van der Waals surface area (Å²) < 4.78 is 17.8. The van der Waals surface area contributed by atoms with Gasteiger partial charge < -0.3 is 14.2 Å². The molecule has 3 aliphatic rings. The molecule has 3 aromatic carbocycles. The van der Waals surface area contributed by atoms with Gasteiger partial charge in [0.1, 0.15) is 5.75 Å². The van der Waals surface area contributed by atoms with Gasteiger partial charge in [0.15, 0.2) is 11.5 Å². The minimum atomic E-state index is -0.426. The van der Waals surface area contributed by atoms with Gasteiger partial charge in [0.2, 0.25) is 5.72 Å². The average Bonchev–Trinajstić information content (AvgIpc) is 3.37. The van der Waals surface area contributed by atoms with E-state index in [-0.39, 0.29) is 6.04 Å². The third kappa shape index (κ3) is 3.92. The number of nitrogens with zero attached hydrogens (tertiary/aromatic N) is 3. The number of fused-ring (bicyclic) bond motifs is 4. The number of piperidine rings is 1. The smallest absolute Gasteiger partial charge is 0.200 e. The fourth-order valence-electron chi connectivity index (χ4n) is 5.65. The molecule has 1 saturated heterocycles. The number of ether oxygens (including phenoxy) is 3. The van der Waals surface area contributed by atoms with E-state index in [2.05, 4.69) is 70.6 Å². The fraction of sp³-hybridized carbons (Fsp3) is 0.345. The van der Waals surface area contributed by atoms with Crippen LogP contribution < -0.4 is 14.2 Å². The lowest BCUT2D eigenvalue weighted by molar-refractivity contribution is -0.150. The van der Waals surface area contributed by atoms with Gasteiger partial charge in [-0.25, -0.2) is 5.01 Å². The molecule has 1 unspecified atom stereocenters. The first-order valence-electron chi connectivity index (χ1n) is 12.3. The Morgan fingerprint density at radius 2 is 1.66 bits per heavy atom. The first kappa shape index (κ1) is 22.0. The Labute approximate surface area is 206 Å². The summed E-state index contributed by atoms with van der Waals surface area (Å²) in [6.07, 6.45) is 2.66. The van der Waals surface area contributed by atoms with Crippen molar-refractivity contribution in [3.63, 3.8) is 0 Å². The molecule has 0 aromatic heterocycles. The van der Waals surface area contributed by atoms with Gasteiger partial charge in [0.05, 0.1) is 26.0 Å². The van der Waals surface area contributed by atoms with Crippen LogP contribution in [0.4, 0.5) is 0 Å². The van der Waals surface area contributed by atoms with Gasteiger partial charge in [0.25, 0.3) is 0 Å². The highest BCUT2D eigenvalue weighted by molar-refractivity contribution is 6.02. The maximum Gasteiger partial charge on any atom is 0.200 e. The van der Waals surface area contributed by atoms with Gasteiger partial charge in [-0.3, -0.25) is 4.90 Å². The Morgan fingerprint density at radius 1 is 0.914 bits per heavy atom. The minimum Gasteiger partial charge on any atom is -0.493 e. The van der Waals surface area contributed by atoms with Crippen molar-refractivity contribution in [2.45, 2.75) is 37.6 Å². The van der Waals surface area contributed by atoms with Crippen LogP contribution in [0.3, 0.4) is 0 Å². The van der Waals surface area contributed by atoms with Crippen LogP contribution in [0.1, 0.15) is 42.0 Å². The molecule has 0 saturated carbocycles. The van der Waals surface area contributed by atoms with Crippen molar-refractivity contribution >= 4 is 5.71 Å². The topological polar surface area (TPSA) is 46.5 Å². The molecular weight excluding hydrogens is 438 g/mol. The van der Waals surface area contributed by atoms with Crippen LogP contribution in [-0.4, -0.2) is 48.7 Å². The quantitative estimate of drug-likeness (QED) is 0.511. The molecule has 6 heteroatoms. The Morgan fingerprint density at radius 3 is 2.43 bits per heavy atom. The lowest BCUT2D eigenvalue weighted by Gasteiger charge is -2.51. The molecule has 6 rings (SSSR count). The lowest BCUT2D eigenvalue weighted by Crippen LogP contribution is -2.59. The molecule has 3 aromatic rings. The summed E-state index contributed by atoms with van der Waals surface area (Å²) in [7, 11) is 3.33. The van der Waals surface area contributed by atoms with E-state index in [1.165, 1.54) is 11.1 Å². The van der Waals surface area contributed by atoms with Gasteiger partial charge in [0, 0.05) is 50.0 Å². The van der Waals surface area contributed by atoms with E-state index in [0.717, 1.165) is 67.4 Å². The van der Waals surface area contributed by atoms with Crippen molar-refractivity contribution in [2.75, 3.05) is 27.3 Å². The van der Waals surface area contributed by atoms with Gasteiger partial charge in [-0.15, -0.1) is 0 Å². The molecule has 3 aliphatic heterocycles. The molecule has 1 fully saturated rings. The summed E-state index contributed by atoms with van der Waals surface area (Å²) >= 11 is 0. The Kier molecular flexibility index (Phi) is 5.61. The fourth-order valence-corrected chi connectivity index (χ4v) is 5.65. The zero-order valence-corrected chi connectivity index (χ0v) is 20.3. The molecule has 3 heterocycles. The molecule has 0 radical (unpaired) electrons. The number of rotatable bonds is 5. The molecule has 0 N–H and O–H groups in total. The second-order valence-corrected chi connectivity index (χ2v) is 9.53. The minimum absolute atomic E-state index is 0.170. The summed E-state index contributed by atoms with van der Waals surface area (Å²) in [4.78, 5) is 2.52. The Balaban J connectivity index is 1.30. The summed E-state index contributed by atoms with van der Waals surface area (Å²) in [6.45, 7) is 2.92. The monoisotopic (exact) mass is 469 g/mol. The van der Waals surface area contributed by atoms with Crippen LogP contribution in [0.2, 0.25) is 0 Å². The maximum absolute atomic E-state index is 6.79. The number of likely N-dealkylation sites (tertiary alicyclic amines) is 1. The third-order valence-corrected chi connectivity index (χ3v) is 7.51. The number of hydrazone groups is 1. The van der Waals surface area contributed by atoms with Crippen LogP contribution in [0.15, 0.2) is 77.9 Å². The van der Waals surface area contributed by atoms with Crippen molar-refractivity contribution in [3.8, 4) is 17.2 Å². The van der Waals surface area contributed by atoms with Crippen LogP contribution in [-0.2, 0) is 6.54 Å². The number of benzene rings is 3. The van der Waals surface area contributed by atoms with Crippen LogP contribution in [0, 0.1) is 0 Å². The molecule has 1 spiro atoms. The van der Waals surface area contributed by atoms with Gasteiger partial charge in [-0.05, 0) is 29.8 Å². The molecular formula is C29H31N3O3. The third-order valence-electron chi connectivity index (χ3n) is 7.51. The zero-order chi connectivity index (χ0) is 23.8. The van der Waals surface area contributed by atoms with Crippen LogP contribution in [0.25, 0.3) is 0 Å². The Bertz CT molecular complexity index is 1230. The van der Waals surface area contributed by atoms with E-state index in [9.17, 15) is 0 Å². The molecule has 0 amide bonds. The molecule has 180 valence electrons. The van der Waals surface area contributed by atoms with Crippen molar-refractivity contribution in [1.82, 2.24) is 9.91 Å². The van der Waals surface area contributed by atoms with Gasteiger partial charge >= 0.3 is 0 Å². The van der Waals surface area contributed by atoms with Crippen molar-refractivity contribution in [3.05, 3.63) is 89.5 Å². The highest BCUT2D eigenvalue weighted by Crippen LogP contribution is 2.50. The standard InChI is InChI=1S/C29H31N3O3/c1-33-27-13-12-22(18-28(27)34-2)24-19-25-23-10-6-7-11-26(23)35-29(32(25)30-24)14-16-31(17-15-29)20-21-8-4-3-5-9-21/h3-13,18,25H,14-17,19-20H2,1-2H3. The van der Waals surface area contributed by atoms with Crippen molar-refractivity contribution < 1.29 is 14.2 Å². The summed E-state index contributed by atoms with van der Waals surface area (Å²) in [6, 6.07) is 25.4. The van der Waals surface area contributed by atoms with E-state index in [0.29, 0.717) is 0 Å². The van der Waals surface area contributed by atoms with Crippen LogP contribution >= 0.6 is 0 Å². The lowest BCUT2D eigenvalue weighted by atomic mass is 9.90. The first-order chi connectivity index (χ1) is 17.2. The summed E-state index contributed by atoms with van der Waals surface area (Å²) in [5.74, 6) is 2.44. The van der Waals surface area contributed by atoms with Gasteiger partial charge in [-0.2, -0.15) is 5.10 Å². The average molecular weight is 470 g/mol. The largest absolute Gasteiger partial charge is 0.493 e. The number of hydrogen-bond donors (Lipinski definition) is 0. The normalized spacial score (nSPS) is 20.6. The van der Waals surface area contributed by atoms with Crippen molar-refractivity contribution in [2.24, 2.45) is 5.10 Å². The SMILES string of the molecule is COc1ccc(C2=NN3C(C2)c2ccccc2OC32CCN(Cc3ccccc3)CC2)cc1OC. The summed E-state index contributed by atoms with van der Waals surface area (Å²) in [5.41, 5.74) is 4.26. The number of hydrogen-bond acceptors (Lipinski definition) is 6. The second-order valence-electron chi connectivity index (χ2n) is 9.53. The molecule has 35 heavy (non-hydrogen) atoms. The van der Waals surface area contributed by atoms with E-state index < -0.39 is 5.72 Å². The predicted molar refractivity (Wildman–Crippen MR) is 136 cm³/mol. The van der Waals surface area contributed by atoms with E-state index in [4.69, 9.17) is 19.3 Å². The zero-order valence-electron chi connectivity index (χ0n) is 20.3. The second kappa shape index (κ2) is 8.93. The van der Waals surface area contributed by atoms with E-state index in [1.54, 1.807) is 14.2 Å². The molecule has 1 atom stereocenters. The highest BCUT2D eigenvalue weighted by atomic mass is 16.5. The number of methoxy groups -OCH3 is 2. The van der Waals surface area contributed by atoms with Crippen LogP contribution in [0.5, 0.6) is 17.2 Å². The number of para-hydroxylation sites is 1. The van der Waals surface area contributed by atoms with Crippen molar-refractivity contribution in [1.29, 1.82) is 0 Å².